The molecule has 0 unspecified atom stereocenters. The fourth-order valence-electron chi connectivity index (χ4n) is 3.34. The van der Waals surface area contributed by atoms with Crippen LogP contribution in [0.1, 0.15) is 32.1 Å². The van der Waals surface area contributed by atoms with E-state index in [1.165, 1.54) is 5.56 Å². The zero-order chi connectivity index (χ0) is 20.1. The van der Waals surface area contributed by atoms with Crippen molar-refractivity contribution in [3.05, 3.63) is 57.3 Å². The monoisotopic (exact) mass is 407 g/mol. The van der Waals surface area contributed by atoms with E-state index in [1.54, 1.807) is 11.3 Å². The van der Waals surface area contributed by atoms with Gasteiger partial charge in [-0.1, -0.05) is 18.2 Å². The summed E-state index contributed by atoms with van der Waals surface area (Å²) in [7, 11) is 0. The van der Waals surface area contributed by atoms with E-state index in [0.29, 0.717) is 18.9 Å². The molecule has 2 N–H and O–H groups in total. The molecule has 0 bridgehead atoms. The third-order valence-corrected chi connectivity index (χ3v) is 5.98. The number of anilines is 1. The van der Waals surface area contributed by atoms with Crippen molar-refractivity contribution in [1.29, 1.82) is 0 Å². The number of nitrogens with one attached hydrogen (secondary N) is 2. The number of rotatable bonds is 2. The minimum atomic E-state index is 0.116. The first kappa shape index (κ1) is 19.5. The zero-order valence-corrected chi connectivity index (χ0v) is 17.3. The maximum absolute atomic E-state index is 12.9. The van der Waals surface area contributed by atoms with E-state index < -0.39 is 0 Å². The number of piperazine rings is 1. The van der Waals surface area contributed by atoms with E-state index in [9.17, 15) is 4.79 Å². The van der Waals surface area contributed by atoms with Crippen molar-refractivity contribution in [2.24, 2.45) is 9.98 Å². The van der Waals surface area contributed by atoms with Crippen molar-refractivity contribution in [2.75, 3.05) is 31.5 Å². The van der Waals surface area contributed by atoms with Gasteiger partial charge in [-0.25, -0.2) is 9.98 Å². The number of amides is 1. The second-order valence-electron chi connectivity index (χ2n) is 7.13. The van der Waals surface area contributed by atoms with E-state index >= 15 is 0 Å². The molecule has 2 aromatic rings. The number of benzene rings is 1. The van der Waals surface area contributed by atoms with Gasteiger partial charge >= 0.3 is 0 Å². The minimum Gasteiger partial charge on any atom is -0.335 e. The highest BCUT2D eigenvalue weighted by atomic mass is 32.1. The molecule has 1 aromatic heterocycles. The molecule has 3 heterocycles. The summed E-state index contributed by atoms with van der Waals surface area (Å²) in [5.74, 6) is 0.698. The number of allylic oxidation sites excluding steroid dienone is 1. The Morgan fingerprint density at radius 3 is 2.93 bits per heavy atom. The molecule has 1 amide bonds. The number of nitrogens with zero attached hydrogens (tertiary/aromatic N) is 3. The molecule has 0 saturated carbocycles. The smallest absolute Gasteiger partial charge is 0.264 e. The highest BCUT2D eigenvalue weighted by molar-refractivity contribution is 7.15. The summed E-state index contributed by atoms with van der Waals surface area (Å²) in [6, 6.07) is 10.1. The van der Waals surface area contributed by atoms with Gasteiger partial charge in [-0.05, 0) is 42.3 Å². The molecule has 29 heavy (non-hydrogen) atoms. The first-order valence-corrected chi connectivity index (χ1v) is 10.7. The van der Waals surface area contributed by atoms with Crippen LogP contribution in [-0.4, -0.2) is 49.2 Å². The van der Waals surface area contributed by atoms with Crippen molar-refractivity contribution in [2.45, 2.75) is 19.9 Å². The van der Waals surface area contributed by atoms with Crippen molar-refractivity contribution in [1.82, 2.24) is 10.2 Å². The summed E-state index contributed by atoms with van der Waals surface area (Å²) in [5.41, 5.74) is 3.21. The molecule has 0 radical (unpaired) electrons. The van der Waals surface area contributed by atoms with Crippen molar-refractivity contribution >= 4 is 41.2 Å². The van der Waals surface area contributed by atoms with Crippen LogP contribution in [0, 0.1) is 6.92 Å². The van der Waals surface area contributed by atoms with Crippen LogP contribution in [0.4, 0.5) is 5.69 Å². The standard InChI is InChI=1S/C22H25N5OS/c1-16-5-4-6-18(13-16)26-22-24-8-3-2-7-19-17(15-25-22)14-20(29-19)21(28)27-11-9-23-10-12-27/h2,4-8,13-14,23H,3,9-12,15H2,1H3,(H,25,26)/b7-2-,24-8-. The molecule has 1 saturated heterocycles. The maximum Gasteiger partial charge on any atom is 0.264 e. The Labute approximate surface area is 175 Å². The Hall–Kier alpha value is -2.77. The topological polar surface area (TPSA) is 69.1 Å². The molecular weight excluding hydrogens is 382 g/mol. The summed E-state index contributed by atoms with van der Waals surface area (Å²) < 4.78 is 0. The van der Waals surface area contributed by atoms with Crippen molar-refractivity contribution in [3.8, 4) is 0 Å². The summed E-state index contributed by atoms with van der Waals surface area (Å²) in [6.45, 7) is 5.76. The van der Waals surface area contributed by atoms with Gasteiger partial charge in [0.25, 0.3) is 5.91 Å². The molecule has 1 aromatic carbocycles. The summed E-state index contributed by atoms with van der Waals surface area (Å²) in [4.78, 5) is 25.8. The minimum absolute atomic E-state index is 0.116. The van der Waals surface area contributed by atoms with Gasteiger partial charge in [0.1, 0.15) is 0 Å². The molecule has 2 aliphatic rings. The molecule has 1 fully saturated rings. The highest BCUT2D eigenvalue weighted by Crippen LogP contribution is 2.27. The van der Waals surface area contributed by atoms with Gasteiger partial charge in [0.05, 0.1) is 11.4 Å². The number of carbonyl (C=O) groups excluding carboxylic acids is 1. The maximum atomic E-state index is 12.9. The zero-order valence-electron chi connectivity index (χ0n) is 16.5. The lowest BCUT2D eigenvalue weighted by Gasteiger charge is -2.26. The Bertz CT molecular complexity index is 969. The number of guanidine groups is 1. The fourth-order valence-corrected chi connectivity index (χ4v) is 4.41. The van der Waals surface area contributed by atoms with Gasteiger partial charge in [0.15, 0.2) is 0 Å². The Morgan fingerprint density at radius 1 is 1.24 bits per heavy atom. The molecule has 7 heteroatoms. The quantitative estimate of drug-likeness (QED) is 0.800. The van der Waals surface area contributed by atoms with Crippen LogP contribution >= 0.6 is 11.3 Å². The largest absolute Gasteiger partial charge is 0.335 e. The van der Waals surface area contributed by atoms with Crippen molar-refractivity contribution < 1.29 is 4.79 Å². The van der Waals surface area contributed by atoms with Crippen LogP contribution in [0.3, 0.4) is 0 Å². The second-order valence-corrected chi connectivity index (χ2v) is 8.21. The molecule has 4 rings (SSSR count). The van der Waals surface area contributed by atoms with Crippen LogP contribution in [0.15, 0.2) is 46.4 Å². The van der Waals surface area contributed by atoms with Gasteiger partial charge < -0.3 is 15.5 Å². The van der Waals surface area contributed by atoms with Gasteiger partial charge in [0, 0.05) is 49.4 Å². The SMILES string of the molecule is Cc1cccc(NC2=N/Cc3cc(C(=O)N4CCNCC4)sc3/C=C\C/C=N\2)c1. The summed E-state index contributed by atoms with van der Waals surface area (Å²) >= 11 is 1.55. The second kappa shape index (κ2) is 9.15. The molecule has 150 valence electrons. The third-order valence-electron chi connectivity index (χ3n) is 4.85. The van der Waals surface area contributed by atoms with Crippen LogP contribution in [0.25, 0.3) is 6.08 Å². The molecule has 0 spiro atoms. The van der Waals surface area contributed by atoms with E-state index in [4.69, 9.17) is 0 Å². The number of hydrogen-bond acceptors (Lipinski definition) is 6. The van der Waals surface area contributed by atoms with Crippen LogP contribution < -0.4 is 10.6 Å². The normalized spacial score (nSPS) is 20.9. The number of fused-ring (bicyclic) bond motifs is 1. The van der Waals surface area contributed by atoms with Gasteiger partial charge in [-0.15, -0.1) is 11.3 Å². The lowest BCUT2D eigenvalue weighted by atomic mass is 10.2. The summed E-state index contributed by atoms with van der Waals surface area (Å²) in [6.07, 6.45) is 6.72. The Kier molecular flexibility index (Phi) is 6.17. The first-order valence-electron chi connectivity index (χ1n) is 9.89. The van der Waals surface area contributed by atoms with Crippen LogP contribution in [-0.2, 0) is 6.54 Å². The number of aryl methyl sites for hydroxylation is 1. The molecular formula is C22H25N5OS. The number of aliphatic imine (C=N–C) groups is 2. The van der Waals surface area contributed by atoms with E-state index in [0.717, 1.165) is 47.2 Å². The third kappa shape index (κ3) is 4.99. The number of thiophene rings is 1. The van der Waals surface area contributed by atoms with E-state index in [1.807, 2.05) is 29.3 Å². The summed E-state index contributed by atoms with van der Waals surface area (Å²) in [5, 5.41) is 6.59. The lowest BCUT2D eigenvalue weighted by molar-refractivity contribution is 0.0740. The van der Waals surface area contributed by atoms with Crippen LogP contribution in [0.5, 0.6) is 0 Å². The average Bonchev–Trinajstić information content (AvgIpc) is 3.15. The highest BCUT2D eigenvalue weighted by Gasteiger charge is 2.21. The van der Waals surface area contributed by atoms with E-state index in [2.05, 4.69) is 51.8 Å². The van der Waals surface area contributed by atoms with Gasteiger partial charge in [-0.2, -0.15) is 0 Å². The molecule has 2 aliphatic heterocycles. The average molecular weight is 408 g/mol. The number of carbonyl (C=O) groups is 1. The molecule has 0 aliphatic carbocycles. The fraction of sp³-hybridized carbons (Fsp3) is 0.318. The van der Waals surface area contributed by atoms with Gasteiger partial charge in [0.2, 0.25) is 5.96 Å². The number of hydrogen-bond donors (Lipinski definition) is 2. The van der Waals surface area contributed by atoms with E-state index in [-0.39, 0.29) is 5.91 Å². The predicted molar refractivity (Wildman–Crippen MR) is 121 cm³/mol. The van der Waals surface area contributed by atoms with Crippen molar-refractivity contribution in [3.63, 3.8) is 0 Å². The van der Waals surface area contributed by atoms with Crippen LogP contribution in [0.2, 0.25) is 0 Å². The predicted octanol–water partition coefficient (Wildman–Crippen LogP) is 3.56. The molecule has 0 atom stereocenters. The Morgan fingerprint density at radius 2 is 2.10 bits per heavy atom. The lowest BCUT2D eigenvalue weighted by Crippen LogP contribution is -2.46. The van der Waals surface area contributed by atoms with Gasteiger partial charge in [-0.3, -0.25) is 4.79 Å². The molecule has 6 nitrogen and oxygen atoms in total. The Balaban J connectivity index is 1.55. The first-order chi connectivity index (χ1) is 14.2.